The maximum Gasteiger partial charge on any atom is 0.0310 e. The lowest BCUT2D eigenvalue weighted by molar-refractivity contribution is 0.269. The van der Waals surface area contributed by atoms with E-state index in [1.807, 2.05) is 5.57 Å². The maximum atomic E-state index is 2.59. The minimum absolute atomic E-state index is 0.755. The number of likely N-dealkylation sites (N-methyl/N-ethyl adjacent to an activating group) is 1. The van der Waals surface area contributed by atoms with Crippen LogP contribution in [0.25, 0.3) is 0 Å². The molecule has 0 amide bonds. The number of nitrogens with zero attached hydrogens (tertiary/aromatic N) is 1. The molecule has 98 valence electrons. The highest BCUT2D eigenvalue weighted by Gasteiger charge is 2.35. The largest absolute Gasteiger partial charge is 0.300 e. The van der Waals surface area contributed by atoms with Gasteiger partial charge in [-0.15, -0.1) is 0 Å². The molecule has 2 unspecified atom stereocenters. The minimum atomic E-state index is 0.755. The first-order valence-electron chi connectivity index (χ1n) is 7.43. The lowest BCUT2D eigenvalue weighted by Crippen LogP contribution is -2.35. The summed E-state index contributed by atoms with van der Waals surface area (Å²) in [5, 5.41) is 0. The summed E-state index contributed by atoms with van der Waals surface area (Å²) in [7, 11) is 2.31. The summed E-state index contributed by atoms with van der Waals surface area (Å²) in [6.07, 6.45) is 5.58. The molecule has 0 aromatic carbocycles. The van der Waals surface area contributed by atoms with Crippen LogP contribution in [0.3, 0.4) is 0 Å². The van der Waals surface area contributed by atoms with Crippen LogP contribution >= 0.6 is 0 Å². The zero-order valence-corrected chi connectivity index (χ0v) is 12.3. The van der Waals surface area contributed by atoms with Crippen molar-refractivity contribution < 1.29 is 0 Å². The summed E-state index contributed by atoms with van der Waals surface area (Å²) in [5.41, 5.74) is 3.53. The number of hydrogen-bond acceptors (Lipinski definition) is 1. The summed E-state index contributed by atoms with van der Waals surface area (Å²) in [6.45, 7) is 10.9. The van der Waals surface area contributed by atoms with Crippen LogP contribution in [0.4, 0.5) is 0 Å². The van der Waals surface area contributed by atoms with Gasteiger partial charge in [0.05, 0.1) is 0 Å². The van der Waals surface area contributed by atoms with Crippen molar-refractivity contribution in [1.29, 1.82) is 0 Å². The molecule has 0 saturated carbocycles. The van der Waals surface area contributed by atoms with Crippen LogP contribution < -0.4 is 0 Å². The highest BCUT2D eigenvalue weighted by Crippen LogP contribution is 2.42. The van der Waals surface area contributed by atoms with Crippen LogP contribution in [-0.4, -0.2) is 24.5 Å². The molecule has 2 rings (SSSR count). The first kappa shape index (κ1) is 13.1. The van der Waals surface area contributed by atoms with Gasteiger partial charge >= 0.3 is 0 Å². The lowest BCUT2D eigenvalue weighted by atomic mass is 9.70. The van der Waals surface area contributed by atoms with Crippen LogP contribution in [-0.2, 0) is 0 Å². The number of likely N-dealkylation sites (tertiary alicyclic amines) is 1. The van der Waals surface area contributed by atoms with Crippen LogP contribution in [0.5, 0.6) is 0 Å². The van der Waals surface area contributed by atoms with E-state index in [4.69, 9.17) is 0 Å². The standard InChI is InChI=1S/C16H29N/c1-11(2)14-9-8-12(3)13(4)16(14)15-7-6-10-17(15)5/h11-12,14-15H,6-10H2,1-5H3/t12-,14?,15?/m1/s1. The highest BCUT2D eigenvalue weighted by molar-refractivity contribution is 5.27. The second-order valence-corrected chi connectivity index (χ2v) is 6.61. The zero-order chi connectivity index (χ0) is 12.6. The van der Waals surface area contributed by atoms with Crippen molar-refractivity contribution in [2.24, 2.45) is 17.8 Å². The second-order valence-electron chi connectivity index (χ2n) is 6.61. The molecule has 1 aliphatic heterocycles. The Hall–Kier alpha value is -0.300. The molecule has 17 heavy (non-hydrogen) atoms. The van der Waals surface area contributed by atoms with Crippen molar-refractivity contribution in [2.45, 2.75) is 59.4 Å². The zero-order valence-electron chi connectivity index (χ0n) is 12.3. The molecule has 3 atom stereocenters. The van der Waals surface area contributed by atoms with E-state index in [0.29, 0.717) is 0 Å². The predicted molar refractivity (Wildman–Crippen MR) is 75.1 cm³/mol. The Morgan fingerprint density at radius 2 is 1.88 bits per heavy atom. The lowest BCUT2D eigenvalue weighted by Gasteiger charge is -2.39. The monoisotopic (exact) mass is 235 g/mol. The topological polar surface area (TPSA) is 3.24 Å². The Kier molecular flexibility index (Phi) is 3.97. The molecule has 0 spiro atoms. The van der Waals surface area contributed by atoms with E-state index in [9.17, 15) is 0 Å². The van der Waals surface area contributed by atoms with Crippen molar-refractivity contribution in [1.82, 2.24) is 4.90 Å². The number of allylic oxidation sites excluding steroid dienone is 1. The molecule has 0 bridgehead atoms. The molecular formula is C16H29N. The molecular weight excluding hydrogens is 206 g/mol. The van der Waals surface area contributed by atoms with Gasteiger partial charge in [-0.25, -0.2) is 0 Å². The molecule has 1 aliphatic carbocycles. The van der Waals surface area contributed by atoms with E-state index >= 15 is 0 Å². The van der Waals surface area contributed by atoms with Gasteiger partial charge in [0.15, 0.2) is 0 Å². The normalized spacial score (nSPS) is 36.0. The molecule has 2 aliphatic rings. The average Bonchev–Trinajstić information content (AvgIpc) is 2.68. The third-order valence-electron chi connectivity index (χ3n) is 5.19. The fraction of sp³-hybridized carbons (Fsp3) is 0.875. The van der Waals surface area contributed by atoms with E-state index in [1.54, 1.807) is 5.57 Å². The van der Waals surface area contributed by atoms with E-state index in [1.165, 1.54) is 32.2 Å². The van der Waals surface area contributed by atoms with Gasteiger partial charge in [-0.1, -0.05) is 31.9 Å². The Morgan fingerprint density at radius 3 is 2.41 bits per heavy atom. The Bertz CT molecular complexity index is 303. The smallest absolute Gasteiger partial charge is 0.0310 e. The Labute approximate surface area is 107 Å². The molecule has 0 aromatic rings. The molecule has 1 nitrogen and oxygen atoms in total. The van der Waals surface area contributed by atoms with E-state index < -0.39 is 0 Å². The molecule has 1 saturated heterocycles. The van der Waals surface area contributed by atoms with Crippen molar-refractivity contribution >= 4 is 0 Å². The average molecular weight is 235 g/mol. The predicted octanol–water partition coefficient (Wildman–Crippen LogP) is 4.10. The molecule has 1 heterocycles. The quantitative estimate of drug-likeness (QED) is 0.651. The Balaban J connectivity index is 2.32. The van der Waals surface area contributed by atoms with Gasteiger partial charge in [0.25, 0.3) is 0 Å². The number of rotatable bonds is 2. The van der Waals surface area contributed by atoms with Gasteiger partial charge in [0.1, 0.15) is 0 Å². The fourth-order valence-corrected chi connectivity index (χ4v) is 3.88. The SMILES string of the molecule is CC1=C(C2CCCN2C)C(C(C)C)CC[C@H]1C. The molecule has 0 aromatic heterocycles. The number of hydrogen-bond donors (Lipinski definition) is 0. The van der Waals surface area contributed by atoms with Gasteiger partial charge in [-0.2, -0.15) is 0 Å². The summed E-state index contributed by atoms with van der Waals surface area (Å²) in [4.78, 5) is 2.59. The van der Waals surface area contributed by atoms with Crippen LogP contribution in [0.15, 0.2) is 11.1 Å². The fourth-order valence-electron chi connectivity index (χ4n) is 3.88. The van der Waals surface area contributed by atoms with Gasteiger partial charge in [-0.05, 0) is 64.0 Å². The van der Waals surface area contributed by atoms with Crippen LogP contribution in [0.2, 0.25) is 0 Å². The molecule has 1 heteroatoms. The van der Waals surface area contributed by atoms with Crippen molar-refractivity contribution in [3.63, 3.8) is 0 Å². The summed E-state index contributed by atoms with van der Waals surface area (Å²) in [5.74, 6) is 2.46. The van der Waals surface area contributed by atoms with Crippen LogP contribution in [0, 0.1) is 17.8 Å². The van der Waals surface area contributed by atoms with E-state index in [-0.39, 0.29) is 0 Å². The minimum Gasteiger partial charge on any atom is -0.300 e. The Morgan fingerprint density at radius 1 is 1.18 bits per heavy atom. The van der Waals surface area contributed by atoms with E-state index in [0.717, 1.165) is 23.8 Å². The van der Waals surface area contributed by atoms with Gasteiger partial charge in [0, 0.05) is 6.04 Å². The first-order chi connectivity index (χ1) is 8.02. The highest BCUT2D eigenvalue weighted by atomic mass is 15.1. The molecule has 1 fully saturated rings. The van der Waals surface area contributed by atoms with Crippen molar-refractivity contribution in [3.05, 3.63) is 11.1 Å². The third-order valence-corrected chi connectivity index (χ3v) is 5.19. The maximum absolute atomic E-state index is 2.59. The van der Waals surface area contributed by atoms with Gasteiger partial charge in [0.2, 0.25) is 0 Å². The van der Waals surface area contributed by atoms with Gasteiger partial charge in [-0.3, -0.25) is 4.90 Å². The van der Waals surface area contributed by atoms with E-state index in [2.05, 4.69) is 39.6 Å². The third kappa shape index (κ3) is 2.45. The summed E-state index contributed by atoms with van der Waals surface area (Å²) >= 11 is 0. The molecule has 0 radical (unpaired) electrons. The second kappa shape index (κ2) is 5.14. The van der Waals surface area contributed by atoms with Crippen LogP contribution in [0.1, 0.15) is 53.4 Å². The summed E-state index contributed by atoms with van der Waals surface area (Å²) in [6, 6.07) is 0.755. The van der Waals surface area contributed by atoms with Crippen molar-refractivity contribution in [2.75, 3.05) is 13.6 Å². The summed E-state index contributed by atoms with van der Waals surface area (Å²) < 4.78 is 0. The van der Waals surface area contributed by atoms with Gasteiger partial charge < -0.3 is 0 Å². The molecule has 0 N–H and O–H groups in total. The first-order valence-corrected chi connectivity index (χ1v) is 7.43. The van der Waals surface area contributed by atoms with Crippen molar-refractivity contribution in [3.8, 4) is 0 Å².